The number of ether oxygens (including phenoxy) is 2. The number of nitrogens with zero attached hydrogens (tertiary/aromatic N) is 1. The number of hydrogen-bond donors (Lipinski definition) is 0. The fourth-order valence-corrected chi connectivity index (χ4v) is 2.39. The monoisotopic (exact) mass is 269 g/mol. The van der Waals surface area contributed by atoms with E-state index in [1.165, 1.54) is 11.3 Å². The summed E-state index contributed by atoms with van der Waals surface area (Å²) < 4.78 is 11.0. The van der Waals surface area contributed by atoms with Gasteiger partial charge in [0.2, 0.25) is 0 Å². The van der Waals surface area contributed by atoms with Crippen molar-refractivity contribution in [2.45, 2.75) is 12.8 Å². The highest BCUT2D eigenvalue weighted by atomic mass is 16.7. The Hall–Kier alpha value is -1.84. The van der Waals surface area contributed by atoms with E-state index >= 15 is 0 Å². The molecule has 0 spiro atoms. The van der Waals surface area contributed by atoms with Gasteiger partial charge in [-0.2, -0.15) is 0 Å². The first-order chi connectivity index (χ1) is 9.83. The number of benzene rings is 2. The number of anilines is 1. The van der Waals surface area contributed by atoms with Gasteiger partial charge in [-0.25, -0.2) is 0 Å². The summed E-state index contributed by atoms with van der Waals surface area (Å²) in [4.78, 5) is 2.23. The van der Waals surface area contributed by atoms with Gasteiger partial charge in [0.15, 0.2) is 6.29 Å². The van der Waals surface area contributed by atoms with Gasteiger partial charge in [0.05, 0.1) is 13.2 Å². The Labute approximate surface area is 119 Å². The van der Waals surface area contributed by atoms with Crippen LogP contribution in [0.2, 0.25) is 0 Å². The minimum absolute atomic E-state index is 0.191. The first-order valence-electron chi connectivity index (χ1n) is 6.91. The molecule has 1 saturated heterocycles. The molecule has 1 heterocycles. The summed E-state index contributed by atoms with van der Waals surface area (Å²) in [6.07, 6.45) is -0.191. The molecule has 1 aliphatic rings. The SMILES string of the molecule is CN(Cc1ccccc1)c1ccc(C2OCCO2)cc1. The molecule has 3 rings (SSSR count). The van der Waals surface area contributed by atoms with Crippen molar-refractivity contribution in [1.29, 1.82) is 0 Å². The molecule has 0 aliphatic carbocycles. The van der Waals surface area contributed by atoms with Crippen molar-refractivity contribution < 1.29 is 9.47 Å². The topological polar surface area (TPSA) is 21.7 Å². The Kier molecular flexibility index (Phi) is 4.00. The van der Waals surface area contributed by atoms with E-state index < -0.39 is 0 Å². The first-order valence-corrected chi connectivity index (χ1v) is 6.91. The number of rotatable bonds is 4. The van der Waals surface area contributed by atoms with E-state index in [1.54, 1.807) is 0 Å². The summed E-state index contributed by atoms with van der Waals surface area (Å²) in [6, 6.07) is 18.9. The van der Waals surface area contributed by atoms with Gasteiger partial charge in [-0.15, -0.1) is 0 Å². The molecule has 0 aromatic heterocycles. The molecule has 1 aliphatic heterocycles. The quantitative estimate of drug-likeness (QED) is 0.849. The molecular weight excluding hydrogens is 250 g/mol. The summed E-state index contributed by atoms with van der Waals surface area (Å²) in [5, 5.41) is 0. The van der Waals surface area contributed by atoms with Gasteiger partial charge >= 0.3 is 0 Å². The molecule has 20 heavy (non-hydrogen) atoms. The van der Waals surface area contributed by atoms with Gasteiger partial charge in [0.1, 0.15) is 0 Å². The fourth-order valence-electron chi connectivity index (χ4n) is 2.39. The summed E-state index contributed by atoms with van der Waals surface area (Å²) in [5.74, 6) is 0. The zero-order chi connectivity index (χ0) is 13.8. The second-order valence-electron chi connectivity index (χ2n) is 5.01. The highest BCUT2D eigenvalue weighted by molar-refractivity contribution is 5.47. The van der Waals surface area contributed by atoms with Gasteiger partial charge in [0, 0.05) is 24.8 Å². The minimum atomic E-state index is -0.191. The molecule has 0 unspecified atom stereocenters. The summed E-state index contributed by atoms with van der Waals surface area (Å²) in [6.45, 7) is 2.26. The maximum absolute atomic E-state index is 5.50. The Morgan fingerprint density at radius 2 is 1.60 bits per heavy atom. The molecule has 2 aromatic carbocycles. The van der Waals surface area contributed by atoms with Crippen molar-refractivity contribution in [3.63, 3.8) is 0 Å². The van der Waals surface area contributed by atoms with Crippen molar-refractivity contribution in [1.82, 2.24) is 0 Å². The average molecular weight is 269 g/mol. The molecule has 0 atom stereocenters. The second kappa shape index (κ2) is 6.07. The zero-order valence-electron chi connectivity index (χ0n) is 11.7. The summed E-state index contributed by atoms with van der Waals surface area (Å²) >= 11 is 0. The van der Waals surface area contributed by atoms with Crippen LogP contribution in [-0.2, 0) is 16.0 Å². The Morgan fingerprint density at radius 3 is 2.25 bits per heavy atom. The summed E-state index contributed by atoms with van der Waals surface area (Å²) in [5.41, 5.74) is 3.58. The van der Waals surface area contributed by atoms with Crippen LogP contribution in [0.25, 0.3) is 0 Å². The van der Waals surface area contributed by atoms with Crippen molar-refractivity contribution >= 4 is 5.69 Å². The normalized spacial score (nSPS) is 15.4. The van der Waals surface area contributed by atoms with Gasteiger partial charge in [-0.1, -0.05) is 42.5 Å². The molecule has 0 N–H and O–H groups in total. The second-order valence-corrected chi connectivity index (χ2v) is 5.01. The lowest BCUT2D eigenvalue weighted by molar-refractivity contribution is -0.0441. The predicted molar refractivity (Wildman–Crippen MR) is 79.6 cm³/mol. The third kappa shape index (κ3) is 3.00. The average Bonchev–Trinajstić information content (AvgIpc) is 3.03. The van der Waals surface area contributed by atoms with Crippen LogP contribution in [0, 0.1) is 0 Å². The largest absolute Gasteiger partial charge is 0.370 e. The Bertz CT molecular complexity index is 533. The van der Waals surface area contributed by atoms with Crippen molar-refractivity contribution in [3.05, 3.63) is 65.7 Å². The van der Waals surface area contributed by atoms with Crippen LogP contribution in [0.1, 0.15) is 17.4 Å². The molecule has 104 valence electrons. The van der Waals surface area contributed by atoms with Crippen LogP contribution in [-0.4, -0.2) is 20.3 Å². The van der Waals surface area contributed by atoms with Crippen LogP contribution in [0.5, 0.6) is 0 Å². The summed E-state index contributed by atoms with van der Waals surface area (Å²) in [7, 11) is 2.10. The van der Waals surface area contributed by atoms with Crippen LogP contribution in [0.4, 0.5) is 5.69 Å². The van der Waals surface area contributed by atoms with E-state index in [4.69, 9.17) is 9.47 Å². The van der Waals surface area contributed by atoms with E-state index in [0.29, 0.717) is 13.2 Å². The predicted octanol–water partition coefficient (Wildman–Crippen LogP) is 3.37. The van der Waals surface area contributed by atoms with Gasteiger partial charge in [-0.05, 0) is 17.7 Å². The molecule has 0 amide bonds. The third-order valence-corrected chi connectivity index (χ3v) is 3.49. The minimum Gasteiger partial charge on any atom is -0.370 e. The maximum Gasteiger partial charge on any atom is 0.184 e. The lowest BCUT2D eigenvalue weighted by atomic mass is 10.1. The lowest BCUT2D eigenvalue weighted by Gasteiger charge is -2.20. The van der Waals surface area contributed by atoms with E-state index in [0.717, 1.165) is 12.1 Å². The molecule has 2 aromatic rings. The molecule has 3 heteroatoms. The van der Waals surface area contributed by atoms with E-state index in [1.807, 2.05) is 6.07 Å². The van der Waals surface area contributed by atoms with Crippen LogP contribution in [0.3, 0.4) is 0 Å². The Balaban J connectivity index is 1.67. The van der Waals surface area contributed by atoms with Crippen LogP contribution in [0.15, 0.2) is 54.6 Å². The van der Waals surface area contributed by atoms with Gasteiger partial charge < -0.3 is 14.4 Å². The standard InChI is InChI=1S/C17H19NO2/c1-18(13-14-5-3-2-4-6-14)16-9-7-15(8-10-16)17-19-11-12-20-17/h2-10,17H,11-13H2,1H3. The van der Waals surface area contributed by atoms with Gasteiger partial charge in [0.25, 0.3) is 0 Å². The molecule has 3 nitrogen and oxygen atoms in total. The lowest BCUT2D eigenvalue weighted by Crippen LogP contribution is -2.16. The van der Waals surface area contributed by atoms with Crippen LogP contribution >= 0.6 is 0 Å². The van der Waals surface area contributed by atoms with E-state index in [-0.39, 0.29) is 6.29 Å². The molecule has 0 radical (unpaired) electrons. The first kappa shape index (κ1) is 13.2. The highest BCUT2D eigenvalue weighted by Gasteiger charge is 2.17. The molecular formula is C17H19NO2. The van der Waals surface area contributed by atoms with E-state index in [2.05, 4.69) is 60.5 Å². The zero-order valence-corrected chi connectivity index (χ0v) is 11.7. The fraction of sp³-hybridized carbons (Fsp3) is 0.294. The van der Waals surface area contributed by atoms with Gasteiger partial charge in [-0.3, -0.25) is 0 Å². The third-order valence-electron chi connectivity index (χ3n) is 3.49. The maximum atomic E-state index is 5.50. The highest BCUT2D eigenvalue weighted by Crippen LogP contribution is 2.25. The number of hydrogen-bond acceptors (Lipinski definition) is 3. The van der Waals surface area contributed by atoms with E-state index in [9.17, 15) is 0 Å². The molecule has 1 fully saturated rings. The van der Waals surface area contributed by atoms with Crippen LogP contribution < -0.4 is 4.90 Å². The molecule has 0 saturated carbocycles. The Morgan fingerprint density at radius 1 is 0.950 bits per heavy atom. The van der Waals surface area contributed by atoms with Crippen molar-refractivity contribution in [2.24, 2.45) is 0 Å². The molecule has 0 bridgehead atoms. The van der Waals surface area contributed by atoms with Crippen molar-refractivity contribution in [3.8, 4) is 0 Å². The van der Waals surface area contributed by atoms with Crippen molar-refractivity contribution in [2.75, 3.05) is 25.2 Å². The smallest absolute Gasteiger partial charge is 0.184 e.